The molecule has 0 unspecified atom stereocenters. The summed E-state index contributed by atoms with van der Waals surface area (Å²) in [6.07, 6.45) is -5.35. The molecule has 3 nitrogen and oxygen atoms in total. The summed E-state index contributed by atoms with van der Waals surface area (Å²) in [6.45, 7) is 0. The Morgan fingerprint density at radius 3 is 2.39 bits per heavy atom. The van der Waals surface area contributed by atoms with E-state index in [9.17, 15) is 18.0 Å². The molecule has 0 saturated heterocycles. The number of carbonyl (C=O) groups is 1. The first-order valence-electron chi connectivity index (χ1n) is 5.14. The molecule has 0 atom stereocenters. The van der Waals surface area contributed by atoms with Crippen LogP contribution in [0.5, 0.6) is 0 Å². The maximum atomic E-state index is 12.5. The molecule has 100 valence electrons. The van der Waals surface area contributed by atoms with Crippen LogP contribution >= 0.6 is 0 Å². The number of halogens is 3. The van der Waals surface area contributed by atoms with E-state index in [-0.39, 0.29) is 12.0 Å². The fourth-order valence-corrected chi connectivity index (χ4v) is 1.40. The molecule has 6 heteroatoms. The van der Waals surface area contributed by atoms with Gasteiger partial charge in [-0.15, -0.1) is 0 Å². The zero-order valence-corrected chi connectivity index (χ0v) is 9.95. The Morgan fingerprint density at radius 1 is 1.28 bits per heavy atom. The maximum absolute atomic E-state index is 12.5. The van der Waals surface area contributed by atoms with Crippen LogP contribution in [0.4, 0.5) is 13.2 Å². The summed E-state index contributed by atoms with van der Waals surface area (Å²) in [5, 5.41) is 0. The van der Waals surface area contributed by atoms with E-state index in [2.05, 4.69) is 0 Å². The molecule has 1 rings (SSSR count). The number of alkyl halides is 3. The lowest BCUT2D eigenvalue weighted by atomic mass is 10.0. The van der Waals surface area contributed by atoms with Crippen molar-refractivity contribution in [1.82, 2.24) is 0 Å². The molecule has 18 heavy (non-hydrogen) atoms. The first-order valence-corrected chi connectivity index (χ1v) is 5.14. The van der Waals surface area contributed by atoms with Crippen molar-refractivity contribution >= 4 is 5.78 Å². The number of ether oxygens (including phenoxy) is 2. The minimum absolute atomic E-state index is 0.0103. The summed E-state index contributed by atoms with van der Waals surface area (Å²) in [6, 6.07) is 4.27. The van der Waals surface area contributed by atoms with Crippen LogP contribution in [0, 0.1) is 0 Å². The Kier molecular flexibility index (Phi) is 4.86. The normalized spacial score (nSPS) is 11.9. The van der Waals surface area contributed by atoms with E-state index in [0.29, 0.717) is 0 Å². The van der Waals surface area contributed by atoms with E-state index < -0.39 is 23.8 Å². The van der Waals surface area contributed by atoms with Crippen LogP contribution in [0.25, 0.3) is 0 Å². The van der Waals surface area contributed by atoms with Crippen molar-refractivity contribution in [3.63, 3.8) is 0 Å². The average molecular weight is 262 g/mol. The van der Waals surface area contributed by atoms with Crippen LogP contribution in [-0.2, 0) is 15.7 Å². The molecule has 1 aromatic rings. The van der Waals surface area contributed by atoms with Gasteiger partial charge in [0.05, 0.1) is 12.0 Å². The third-order valence-corrected chi connectivity index (χ3v) is 2.39. The van der Waals surface area contributed by atoms with Crippen molar-refractivity contribution in [1.29, 1.82) is 0 Å². The van der Waals surface area contributed by atoms with Gasteiger partial charge >= 0.3 is 6.18 Å². The van der Waals surface area contributed by atoms with Gasteiger partial charge in [0.1, 0.15) is 0 Å². The first-order chi connectivity index (χ1) is 8.38. The lowest BCUT2D eigenvalue weighted by Gasteiger charge is -2.13. The summed E-state index contributed by atoms with van der Waals surface area (Å²) in [4.78, 5) is 11.7. The monoisotopic (exact) mass is 262 g/mol. The molecule has 0 aliphatic rings. The fourth-order valence-electron chi connectivity index (χ4n) is 1.40. The molecule has 0 saturated carbocycles. The Balaban J connectivity index is 2.87. The summed E-state index contributed by atoms with van der Waals surface area (Å²) < 4.78 is 47.0. The predicted octanol–water partition coefficient (Wildman–Crippen LogP) is 2.90. The zero-order valence-electron chi connectivity index (χ0n) is 9.95. The summed E-state index contributed by atoms with van der Waals surface area (Å²) in [7, 11) is 2.71. The molecule has 1 aromatic carbocycles. The van der Waals surface area contributed by atoms with Crippen LogP contribution in [0.1, 0.15) is 22.3 Å². The molecule has 0 bridgehead atoms. The molecular weight excluding hydrogens is 249 g/mol. The second-order valence-corrected chi connectivity index (χ2v) is 3.61. The third-order valence-electron chi connectivity index (χ3n) is 2.39. The van der Waals surface area contributed by atoms with E-state index in [1.54, 1.807) is 0 Å². The van der Waals surface area contributed by atoms with E-state index in [0.717, 1.165) is 12.1 Å². The van der Waals surface area contributed by atoms with Crippen molar-refractivity contribution in [2.24, 2.45) is 0 Å². The number of carbonyl (C=O) groups excluding carboxylic acids is 1. The number of Topliss-reactive ketones (excluding diaryl/α,β-unsaturated/α-hetero) is 1. The highest BCUT2D eigenvalue weighted by Gasteiger charge is 2.31. The Bertz CT molecular complexity index is 411. The van der Waals surface area contributed by atoms with Gasteiger partial charge in [0.15, 0.2) is 12.1 Å². The molecule has 0 amide bonds. The zero-order chi connectivity index (χ0) is 13.8. The van der Waals surface area contributed by atoms with Crippen LogP contribution in [0.3, 0.4) is 0 Å². The summed E-state index contributed by atoms with van der Waals surface area (Å²) >= 11 is 0. The van der Waals surface area contributed by atoms with Gasteiger partial charge in [-0.25, -0.2) is 0 Å². The standard InChI is InChI=1S/C12H13F3O3/c1-17-11(18-2)7-10(16)8-4-3-5-9(6-8)12(13,14)15/h3-6,11H,7H2,1-2H3. The van der Waals surface area contributed by atoms with Gasteiger partial charge in [0.25, 0.3) is 0 Å². The molecule has 0 radical (unpaired) electrons. The van der Waals surface area contributed by atoms with Crippen LogP contribution in [0.15, 0.2) is 24.3 Å². The highest BCUT2D eigenvalue weighted by molar-refractivity contribution is 5.96. The topological polar surface area (TPSA) is 35.5 Å². The van der Waals surface area contributed by atoms with E-state index in [1.165, 1.54) is 26.4 Å². The lowest BCUT2D eigenvalue weighted by molar-refractivity contribution is -0.137. The van der Waals surface area contributed by atoms with E-state index in [4.69, 9.17) is 9.47 Å². The van der Waals surface area contributed by atoms with Crippen LogP contribution < -0.4 is 0 Å². The fraction of sp³-hybridized carbons (Fsp3) is 0.417. The quantitative estimate of drug-likeness (QED) is 0.604. The number of hydrogen-bond donors (Lipinski definition) is 0. The van der Waals surface area contributed by atoms with E-state index in [1.807, 2.05) is 0 Å². The number of methoxy groups -OCH3 is 2. The molecule has 0 N–H and O–H groups in total. The second kappa shape index (κ2) is 5.97. The van der Waals surface area contributed by atoms with Crippen LogP contribution in [0.2, 0.25) is 0 Å². The van der Waals surface area contributed by atoms with Crippen LogP contribution in [-0.4, -0.2) is 26.3 Å². The largest absolute Gasteiger partial charge is 0.416 e. The highest BCUT2D eigenvalue weighted by Crippen LogP contribution is 2.29. The average Bonchev–Trinajstić information content (AvgIpc) is 2.34. The summed E-state index contributed by atoms with van der Waals surface area (Å²) in [5.74, 6) is -0.463. The van der Waals surface area contributed by atoms with Gasteiger partial charge in [0.2, 0.25) is 0 Å². The Hall–Kier alpha value is -1.40. The van der Waals surface area contributed by atoms with Gasteiger partial charge < -0.3 is 9.47 Å². The first kappa shape index (κ1) is 14.7. The number of hydrogen-bond acceptors (Lipinski definition) is 3. The number of benzene rings is 1. The Labute approximate surface area is 103 Å². The van der Waals surface area contributed by atoms with Gasteiger partial charge in [0, 0.05) is 19.8 Å². The van der Waals surface area contributed by atoms with Gasteiger partial charge in [-0.05, 0) is 12.1 Å². The molecule has 0 aliphatic heterocycles. The highest BCUT2D eigenvalue weighted by atomic mass is 19.4. The van der Waals surface area contributed by atoms with Crippen molar-refractivity contribution in [3.05, 3.63) is 35.4 Å². The molecule has 0 fully saturated rings. The molecule has 0 aromatic heterocycles. The van der Waals surface area contributed by atoms with Crippen molar-refractivity contribution in [2.45, 2.75) is 18.9 Å². The minimum Gasteiger partial charge on any atom is -0.355 e. The molecule has 0 heterocycles. The van der Waals surface area contributed by atoms with Crippen molar-refractivity contribution in [2.75, 3.05) is 14.2 Å². The molecule has 0 aliphatic carbocycles. The van der Waals surface area contributed by atoms with Gasteiger partial charge in [-0.1, -0.05) is 12.1 Å². The maximum Gasteiger partial charge on any atom is 0.416 e. The number of ketones is 1. The Morgan fingerprint density at radius 2 is 1.89 bits per heavy atom. The smallest absolute Gasteiger partial charge is 0.355 e. The number of rotatable bonds is 5. The SMILES string of the molecule is COC(CC(=O)c1cccc(C(F)(F)F)c1)OC. The molecular formula is C12H13F3O3. The second-order valence-electron chi connectivity index (χ2n) is 3.61. The van der Waals surface area contributed by atoms with Crippen molar-refractivity contribution < 1.29 is 27.4 Å². The predicted molar refractivity (Wildman–Crippen MR) is 58.2 cm³/mol. The minimum atomic E-state index is -4.46. The van der Waals surface area contributed by atoms with Gasteiger partial charge in [-0.3, -0.25) is 4.79 Å². The van der Waals surface area contributed by atoms with E-state index >= 15 is 0 Å². The third kappa shape index (κ3) is 3.82. The molecule has 0 spiro atoms. The summed E-state index contributed by atoms with van der Waals surface area (Å²) in [5.41, 5.74) is -0.858. The van der Waals surface area contributed by atoms with Crippen molar-refractivity contribution in [3.8, 4) is 0 Å². The van der Waals surface area contributed by atoms with Gasteiger partial charge in [-0.2, -0.15) is 13.2 Å². The lowest BCUT2D eigenvalue weighted by Crippen LogP contribution is -2.18.